The lowest BCUT2D eigenvalue weighted by Gasteiger charge is -2.24. The van der Waals surface area contributed by atoms with Gasteiger partial charge in [0.2, 0.25) is 0 Å². The molecule has 9 nitrogen and oxygen atoms in total. The third-order valence-electron chi connectivity index (χ3n) is 8.89. The van der Waals surface area contributed by atoms with Gasteiger partial charge in [-0.15, -0.1) is 0 Å². The molecule has 53 heavy (non-hydrogen) atoms. The van der Waals surface area contributed by atoms with Crippen molar-refractivity contribution >= 4 is 19.8 Å². The molecule has 0 amide bonds. The third-order valence-corrected chi connectivity index (χ3v) is 9.88. The number of nitrogens with zero attached hydrogens (tertiary/aromatic N) is 1. The molecule has 0 spiro atoms. The Morgan fingerprint density at radius 1 is 0.585 bits per heavy atom. The first kappa shape index (κ1) is 51.2. The highest BCUT2D eigenvalue weighted by Gasteiger charge is 2.27. The first-order valence-corrected chi connectivity index (χ1v) is 22.7. The SMILES string of the molecule is CCCCCC/C=C\C/C=C\CCCCCCCC(=O)OC(COC(=O)CCCCCCC/C=C\CCCCCC)COP(=O)(O)OCC[N+](C)(C)C. The van der Waals surface area contributed by atoms with Crippen LogP contribution in [-0.4, -0.2) is 74.9 Å². The monoisotopic (exact) mass is 771 g/mol. The van der Waals surface area contributed by atoms with E-state index in [0.29, 0.717) is 17.4 Å². The Bertz CT molecular complexity index is 1010. The fourth-order valence-corrected chi connectivity index (χ4v) is 6.25. The molecule has 0 radical (unpaired) electrons. The summed E-state index contributed by atoms with van der Waals surface area (Å²) in [7, 11) is 1.46. The van der Waals surface area contributed by atoms with Crippen LogP contribution in [0.1, 0.15) is 174 Å². The number of quaternary nitrogens is 1. The Morgan fingerprint density at radius 2 is 1.02 bits per heavy atom. The van der Waals surface area contributed by atoms with Crippen molar-refractivity contribution in [3.63, 3.8) is 0 Å². The minimum absolute atomic E-state index is 0.0272. The second-order valence-electron chi connectivity index (χ2n) is 15.4. The summed E-state index contributed by atoms with van der Waals surface area (Å²) in [4.78, 5) is 35.3. The van der Waals surface area contributed by atoms with Gasteiger partial charge in [-0.2, -0.15) is 0 Å². The molecular weight excluding hydrogens is 689 g/mol. The van der Waals surface area contributed by atoms with E-state index in [-0.39, 0.29) is 32.0 Å². The first-order valence-electron chi connectivity index (χ1n) is 21.2. The maximum atomic E-state index is 12.7. The molecule has 0 aliphatic rings. The summed E-state index contributed by atoms with van der Waals surface area (Å²) >= 11 is 0. The smallest absolute Gasteiger partial charge is 0.462 e. The summed E-state index contributed by atoms with van der Waals surface area (Å²) in [5.41, 5.74) is 0. The van der Waals surface area contributed by atoms with Crippen molar-refractivity contribution in [3.8, 4) is 0 Å². The van der Waals surface area contributed by atoms with Gasteiger partial charge in [-0.1, -0.05) is 127 Å². The molecule has 0 aromatic carbocycles. The molecule has 0 bridgehead atoms. The van der Waals surface area contributed by atoms with E-state index in [0.717, 1.165) is 77.0 Å². The molecular formula is C43H81NO8P+. The van der Waals surface area contributed by atoms with E-state index in [4.69, 9.17) is 18.5 Å². The lowest BCUT2D eigenvalue weighted by atomic mass is 10.1. The average molecular weight is 771 g/mol. The van der Waals surface area contributed by atoms with Crippen LogP contribution in [0.3, 0.4) is 0 Å². The number of phosphoric acid groups is 1. The number of unbranched alkanes of at least 4 members (excludes halogenated alkanes) is 18. The number of carbonyl (C=O) groups excluding carboxylic acids is 2. The van der Waals surface area contributed by atoms with Crippen LogP contribution in [0, 0.1) is 0 Å². The number of hydrogen-bond donors (Lipinski definition) is 1. The van der Waals surface area contributed by atoms with Crippen molar-refractivity contribution in [3.05, 3.63) is 36.5 Å². The molecule has 0 saturated carbocycles. The average Bonchev–Trinajstić information content (AvgIpc) is 3.10. The van der Waals surface area contributed by atoms with Crippen molar-refractivity contribution in [1.29, 1.82) is 0 Å². The Kier molecular flexibility index (Phi) is 34.7. The zero-order chi connectivity index (χ0) is 39.3. The van der Waals surface area contributed by atoms with E-state index in [2.05, 4.69) is 50.3 Å². The van der Waals surface area contributed by atoms with Crippen molar-refractivity contribution in [2.75, 3.05) is 47.5 Å². The zero-order valence-corrected chi connectivity index (χ0v) is 35.6. The van der Waals surface area contributed by atoms with Gasteiger partial charge >= 0.3 is 19.8 Å². The zero-order valence-electron chi connectivity index (χ0n) is 34.7. The van der Waals surface area contributed by atoms with Crippen LogP contribution in [0.4, 0.5) is 0 Å². The molecule has 0 aromatic rings. The molecule has 0 aliphatic carbocycles. The standard InChI is InChI=1S/C43H80NO8P/c1-6-8-10-12-14-16-18-20-21-22-24-26-28-30-32-34-36-43(46)52-41(40-51-53(47,48)50-38-37-44(3,4)5)39-49-42(45)35-33-31-29-27-25-23-19-17-15-13-11-9-7-2/h16-19,21-22,41H,6-15,20,23-40H2,1-5H3/p+1/b18-16-,19-17-,22-21-. The van der Waals surface area contributed by atoms with Gasteiger partial charge in [-0.25, -0.2) is 4.57 Å². The van der Waals surface area contributed by atoms with Crippen LogP contribution in [-0.2, 0) is 32.7 Å². The normalized spacial score (nSPS) is 14.0. The Labute approximate surface area is 325 Å². The molecule has 0 aromatic heterocycles. The molecule has 10 heteroatoms. The summed E-state index contributed by atoms with van der Waals surface area (Å²) in [5, 5.41) is 0. The summed E-state index contributed by atoms with van der Waals surface area (Å²) in [6.45, 7) is 4.35. The van der Waals surface area contributed by atoms with E-state index in [9.17, 15) is 19.0 Å². The number of rotatable bonds is 38. The van der Waals surface area contributed by atoms with Crippen molar-refractivity contribution < 1.29 is 42.1 Å². The number of hydrogen-bond acceptors (Lipinski definition) is 7. The van der Waals surface area contributed by atoms with Gasteiger partial charge in [-0.3, -0.25) is 18.6 Å². The van der Waals surface area contributed by atoms with Crippen LogP contribution >= 0.6 is 7.82 Å². The van der Waals surface area contributed by atoms with Crippen LogP contribution in [0.2, 0.25) is 0 Å². The third kappa shape index (κ3) is 39.7. The number of phosphoric ester groups is 1. The van der Waals surface area contributed by atoms with Gasteiger partial charge in [0.25, 0.3) is 0 Å². The van der Waals surface area contributed by atoms with E-state index in [1.165, 1.54) is 64.2 Å². The summed E-state index contributed by atoms with van der Waals surface area (Å²) in [6, 6.07) is 0. The number of likely N-dealkylation sites (N-methyl/N-ethyl adjacent to an activating group) is 1. The molecule has 0 rings (SSSR count). The lowest BCUT2D eigenvalue weighted by molar-refractivity contribution is -0.870. The Morgan fingerprint density at radius 3 is 1.51 bits per heavy atom. The number of carbonyl (C=O) groups is 2. The maximum Gasteiger partial charge on any atom is 0.472 e. The molecule has 0 aliphatic heterocycles. The van der Waals surface area contributed by atoms with Gasteiger partial charge in [0.05, 0.1) is 27.7 Å². The second kappa shape index (κ2) is 35.9. The van der Waals surface area contributed by atoms with Gasteiger partial charge < -0.3 is 18.9 Å². The summed E-state index contributed by atoms with van der Waals surface area (Å²) in [5.74, 6) is -0.825. The van der Waals surface area contributed by atoms with Crippen LogP contribution in [0.5, 0.6) is 0 Å². The van der Waals surface area contributed by atoms with Gasteiger partial charge in [0.1, 0.15) is 19.8 Å². The van der Waals surface area contributed by atoms with Crippen LogP contribution in [0.25, 0.3) is 0 Å². The highest BCUT2D eigenvalue weighted by Crippen LogP contribution is 2.43. The molecule has 0 fully saturated rings. The largest absolute Gasteiger partial charge is 0.472 e. The Balaban J connectivity index is 4.43. The minimum atomic E-state index is -4.38. The topological polar surface area (TPSA) is 108 Å². The quantitative estimate of drug-likeness (QED) is 0.0217. The molecule has 0 heterocycles. The molecule has 2 unspecified atom stereocenters. The first-order chi connectivity index (χ1) is 25.5. The minimum Gasteiger partial charge on any atom is -0.462 e. The highest BCUT2D eigenvalue weighted by atomic mass is 31.2. The molecule has 1 N–H and O–H groups in total. The van der Waals surface area contributed by atoms with E-state index >= 15 is 0 Å². The maximum absolute atomic E-state index is 12.7. The van der Waals surface area contributed by atoms with Crippen molar-refractivity contribution in [1.82, 2.24) is 0 Å². The molecule has 310 valence electrons. The number of ether oxygens (including phenoxy) is 2. The molecule has 2 atom stereocenters. The van der Waals surface area contributed by atoms with Crippen molar-refractivity contribution in [2.24, 2.45) is 0 Å². The predicted molar refractivity (Wildman–Crippen MR) is 220 cm³/mol. The Hall–Kier alpha value is -1.77. The number of esters is 2. The second-order valence-corrected chi connectivity index (χ2v) is 16.8. The van der Waals surface area contributed by atoms with Crippen LogP contribution in [0.15, 0.2) is 36.5 Å². The summed E-state index contributed by atoms with van der Waals surface area (Å²) < 4.78 is 34.2. The van der Waals surface area contributed by atoms with Gasteiger partial charge in [0, 0.05) is 12.8 Å². The van der Waals surface area contributed by atoms with Crippen molar-refractivity contribution in [2.45, 2.75) is 180 Å². The molecule has 0 saturated heterocycles. The predicted octanol–water partition coefficient (Wildman–Crippen LogP) is 11.7. The van der Waals surface area contributed by atoms with Gasteiger partial charge in [0.15, 0.2) is 6.10 Å². The fraction of sp³-hybridized carbons (Fsp3) is 0.814. The van der Waals surface area contributed by atoms with Gasteiger partial charge in [-0.05, 0) is 70.6 Å². The number of allylic oxidation sites excluding steroid dienone is 6. The van der Waals surface area contributed by atoms with Crippen LogP contribution < -0.4 is 0 Å². The lowest BCUT2D eigenvalue weighted by Crippen LogP contribution is -2.37. The fourth-order valence-electron chi connectivity index (χ4n) is 5.51. The van der Waals surface area contributed by atoms with E-state index < -0.39 is 26.5 Å². The van der Waals surface area contributed by atoms with E-state index in [1.807, 2.05) is 21.1 Å². The summed E-state index contributed by atoms with van der Waals surface area (Å²) in [6.07, 6.45) is 39.0. The highest BCUT2D eigenvalue weighted by molar-refractivity contribution is 7.47. The van der Waals surface area contributed by atoms with E-state index in [1.54, 1.807) is 0 Å².